The second kappa shape index (κ2) is 3.61. The largest absolute Gasteiger partial charge is 0.429 e. The minimum absolute atomic E-state index is 0.732. The molecule has 8 heteroatoms. The molecular weight excluding hydrogens is 225 g/mol. The van der Waals surface area contributed by atoms with Gasteiger partial charge in [0, 0.05) is 7.05 Å². The standard InChI is InChI=1S/C8H7F3N4O/c1-5(3-12)7(16,8(9,10)11)6-13-4-14-15(6)2/h4,16H,1H2,2H3. The Bertz CT molecular complexity index is 459. The van der Waals surface area contributed by atoms with Gasteiger partial charge in [0.2, 0.25) is 0 Å². The zero-order valence-electron chi connectivity index (χ0n) is 8.15. The molecule has 0 aliphatic carbocycles. The van der Waals surface area contributed by atoms with Crippen molar-refractivity contribution in [2.24, 2.45) is 7.05 Å². The fourth-order valence-electron chi connectivity index (χ4n) is 1.14. The number of alkyl halides is 3. The van der Waals surface area contributed by atoms with E-state index >= 15 is 0 Å². The smallest absolute Gasteiger partial charge is 0.369 e. The van der Waals surface area contributed by atoms with Gasteiger partial charge in [-0.1, -0.05) is 6.58 Å². The van der Waals surface area contributed by atoms with Crippen molar-refractivity contribution in [2.45, 2.75) is 11.8 Å². The lowest BCUT2D eigenvalue weighted by Gasteiger charge is -2.27. The van der Waals surface area contributed by atoms with Gasteiger partial charge in [-0.15, -0.1) is 0 Å². The van der Waals surface area contributed by atoms with Crippen molar-refractivity contribution >= 4 is 0 Å². The van der Waals surface area contributed by atoms with Gasteiger partial charge in [0.25, 0.3) is 5.60 Å². The second-order valence-corrected chi connectivity index (χ2v) is 3.01. The van der Waals surface area contributed by atoms with Crippen LogP contribution in [0.25, 0.3) is 0 Å². The highest BCUT2D eigenvalue weighted by atomic mass is 19.4. The summed E-state index contributed by atoms with van der Waals surface area (Å²) in [5, 5.41) is 21.5. The van der Waals surface area contributed by atoms with E-state index in [0.717, 1.165) is 11.0 Å². The van der Waals surface area contributed by atoms with Crippen LogP contribution < -0.4 is 0 Å². The molecule has 0 radical (unpaired) electrons. The fraction of sp³-hybridized carbons (Fsp3) is 0.375. The van der Waals surface area contributed by atoms with E-state index in [4.69, 9.17) is 5.26 Å². The van der Waals surface area contributed by atoms with Gasteiger partial charge < -0.3 is 5.11 Å². The van der Waals surface area contributed by atoms with Crippen molar-refractivity contribution in [3.05, 3.63) is 24.3 Å². The monoisotopic (exact) mass is 232 g/mol. The van der Waals surface area contributed by atoms with Crippen LogP contribution in [-0.2, 0) is 12.6 Å². The number of aliphatic hydroxyl groups is 1. The summed E-state index contributed by atoms with van der Waals surface area (Å²) in [5.41, 5.74) is -4.57. The highest BCUT2D eigenvalue weighted by Crippen LogP contribution is 2.42. The minimum atomic E-state index is -5.10. The summed E-state index contributed by atoms with van der Waals surface area (Å²) in [6.07, 6.45) is -4.25. The van der Waals surface area contributed by atoms with Crippen LogP contribution in [0.4, 0.5) is 13.2 Å². The van der Waals surface area contributed by atoms with Gasteiger partial charge in [-0.05, 0) is 0 Å². The van der Waals surface area contributed by atoms with Crippen LogP contribution in [0.2, 0.25) is 0 Å². The van der Waals surface area contributed by atoms with Crippen LogP contribution in [0.5, 0.6) is 0 Å². The van der Waals surface area contributed by atoms with Crippen molar-refractivity contribution in [3.8, 4) is 6.07 Å². The van der Waals surface area contributed by atoms with E-state index in [9.17, 15) is 18.3 Å². The van der Waals surface area contributed by atoms with E-state index < -0.39 is 23.2 Å². The average molecular weight is 232 g/mol. The number of nitriles is 1. The van der Waals surface area contributed by atoms with Crippen LogP contribution in [0.3, 0.4) is 0 Å². The molecule has 0 fully saturated rings. The Morgan fingerprint density at radius 2 is 2.19 bits per heavy atom. The Balaban J connectivity index is 3.45. The maximum atomic E-state index is 12.7. The van der Waals surface area contributed by atoms with E-state index in [2.05, 4.69) is 16.7 Å². The molecule has 86 valence electrons. The van der Waals surface area contributed by atoms with Crippen LogP contribution in [0.1, 0.15) is 5.82 Å². The normalized spacial score (nSPS) is 15.2. The summed E-state index contributed by atoms with van der Waals surface area (Å²) in [6.45, 7) is 2.90. The number of aromatic nitrogens is 3. The van der Waals surface area contributed by atoms with E-state index in [1.165, 1.54) is 13.1 Å². The third-order valence-corrected chi connectivity index (χ3v) is 2.02. The molecule has 1 aromatic rings. The summed E-state index contributed by atoms with van der Waals surface area (Å²) >= 11 is 0. The Morgan fingerprint density at radius 3 is 2.50 bits per heavy atom. The lowest BCUT2D eigenvalue weighted by Crippen LogP contribution is -2.45. The van der Waals surface area contributed by atoms with Crippen LogP contribution in [0, 0.1) is 11.3 Å². The molecular formula is C8H7F3N4O. The molecule has 16 heavy (non-hydrogen) atoms. The molecule has 5 nitrogen and oxygen atoms in total. The summed E-state index contributed by atoms with van der Waals surface area (Å²) in [6, 6.07) is 1.18. The molecule has 0 saturated heterocycles. The summed E-state index contributed by atoms with van der Waals surface area (Å²) in [7, 11) is 1.17. The predicted octanol–water partition coefficient (Wildman–Crippen LogP) is 0.645. The van der Waals surface area contributed by atoms with Crippen LogP contribution >= 0.6 is 0 Å². The molecule has 1 atom stereocenters. The van der Waals surface area contributed by atoms with Crippen molar-refractivity contribution in [1.82, 2.24) is 14.8 Å². The highest BCUT2D eigenvalue weighted by molar-refractivity contribution is 5.34. The maximum Gasteiger partial charge on any atom is 0.429 e. The number of nitrogens with zero attached hydrogens (tertiary/aromatic N) is 4. The fourth-order valence-corrected chi connectivity index (χ4v) is 1.14. The molecule has 0 saturated carbocycles. The summed E-state index contributed by atoms with van der Waals surface area (Å²) in [5.74, 6) is -0.799. The first kappa shape index (κ1) is 12.2. The predicted molar refractivity (Wildman–Crippen MR) is 45.7 cm³/mol. The Hall–Kier alpha value is -1.88. The van der Waals surface area contributed by atoms with Gasteiger partial charge in [0.05, 0.1) is 11.6 Å². The first-order valence-electron chi connectivity index (χ1n) is 3.98. The molecule has 0 bridgehead atoms. The van der Waals surface area contributed by atoms with E-state index in [1.807, 2.05) is 0 Å². The molecule has 1 unspecified atom stereocenters. The first-order chi connectivity index (χ1) is 7.25. The summed E-state index contributed by atoms with van der Waals surface area (Å²) < 4.78 is 39.0. The van der Waals surface area contributed by atoms with Crippen LogP contribution in [0.15, 0.2) is 18.5 Å². The molecule has 1 rings (SSSR count). The number of hydrogen-bond acceptors (Lipinski definition) is 4. The number of aryl methyl sites for hydroxylation is 1. The zero-order chi connectivity index (χ0) is 12.6. The second-order valence-electron chi connectivity index (χ2n) is 3.01. The van der Waals surface area contributed by atoms with Crippen molar-refractivity contribution in [1.29, 1.82) is 5.26 Å². The van der Waals surface area contributed by atoms with Gasteiger partial charge >= 0.3 is 6.18 Å². The minimum Gasteiger partial charge on any atom is -0.369 e. The SMILES string of the molecule is C=C(C#N)C(O)(c1ncnn1C)C(F)(F)F. The molecule has 1 aromatic heterocycles. The lowest BCUT2D eigenvalue weighted by molar-refractivity contribution is -0.252. The molecule has 1 N–H and O–H groups in total. The van der Waals surface area contributed by atoms with Crippen molar-refractivity contribution < 1.29 is 18.3 Å². The highest BCUT2D eigenvalue weighted by Gasteiger charge is 2.60. The third kappa shape index (κ3) is 1.55. The van der Waals surface area contributed by atoms with Gasteiger partial charge in [-0.3, -0.25) is 0 Å². The van der Waals surface area contributed by atoms with E-state index in [-0.39, 0.29) is 0 Å². The number of rotatable bonds is 2. The quantitative estimate of drug-likeness (QED) is 0.759. The van der Waals surface area contributed by atoms with Gasteiger partial charge in [-0.2, -0.15) is 23.5 Å². The molecule has 0 aliphatic heterocycles. The van der Waals surface area contributed by atoms with Crippen molar-refractivity contribution in [2.75, 3.05) is 0 Å². The van der Waals surface area contributed by atoms with Gasteiger partial charge in [0.15, 0.2) is 5.82 Å². The number of hydrogen-bond donors (Lipinski definition) is 1. The zero-order valence-corrected chi connectivity index (χ0v) is 8.15. The topological polar surface area (TPSA) is 74.7 Å². The Morgan fingerprint density at radius 1 is 1.62 bits per heavy atom. The van der Waals surface area contributed by atoms with Gasteiger partial charge in [-0.25, -0.2) is 9.67 Å². The summed E-state index contributed by atoms with van der Waals surface area (Å²) in [4.78, 5) is 3.29. The van der Waals surface area contributed by atoms with Crippen LogP contribution in [-0.4, -0.2) is 26.0 Å². The molecule has 0 aliphatic rings. The molecule has 0 spiro atoms. The molecule has 0 amide bonds. The molecule has 0 aromatic carbocycles. The van der Waals surface area contributed by atoms with E-state index in [0.29, 0.717) is 0 Å². The van der Waals surface area contributed by atoms with Crippen molar-refractivity contribution in [3.63, 3.8) is 0 Å². The Kier molecular flexibility index (Phi) is 2.75. The Labute approximate surface area is 88.4 Å². The molecule has 1 heterocycles. The van der Waals surface area contributed by atoms with Gasteiger partial charge in [0.1, 0.15) is 6.33 Å². The third-order valence-electron chi connectivity index (χ3n) is 2.02. The maximum absolute atomic E-state index is 12.7. The lowest BCUT2D eigenvalue weighted by atomic mass is 9.94. The average Bonchev–Trinajstić information content (AvgIpc) is 2.60. The number of halogens is 3. The first-order valence-corrected chi connectivity index (χ1v) is 3.98. The van der Waals surface area contributed by atoms with E-state index in [1.54, 1.807) is 0 Å².